The lowest BCUT2D eigenvalue weighted by Gasteiger charge is -2.09. The van der Waals surface area contributed by atoms with Crippen LogP contribution in [-0.4, -0.2) is 42.8 Å². The number of carbonyl (C=O) groups is 3. The lowest BCUT2D eigenvalue weighted by molar-refractivity contribution is -0.385. The highest BCUT2D eigenvalue weighted by molar-refractivity contribution is 6.00. The maximum absolute atomic E-state index is 12.2. The molecule has 0 radical (unpaired) electrons. The smallest absolute Gasteiger partial charge is 0.325 e. The molecule has 2 aromatic rings. The summed E-state index contributed by atoms with van der Waals surface area (Å²) < 4.78 is 9.76. The Morgan fingerprint density at radius 3 is 2.45 bits per heavy atom. The van der Waals surface area contributed by atoms with Gasteiger partial charge in [0.15, 0.2) is 12.4 Å². The van der Waals surface area contributed by atoms with Crippen LogP contribution in [0, 0.1) is 24.0 Å². The molecule has 0 aliphatic carbocycles. The SMILES string of the molecule is COc1ccc(C(=O)NCC(=O)OCC(=O)c2ccc(C)cc2C)cc1[N+](=O)[O-]. The molecule has 0 spiro atoms. The Bertz CT molecular complexity index is 969. The van der Waals surface area contributed by atoms with E-state index in [0.29, 0.717) is 5.56 Å². The van der Waals surface area contributed by atoms with Crippen LogP contribution in [0.5, 0.6) is 5.75 Å². The van der Waals surface area contributed by atoms with Crippen LogP contribution in [0.1, 0.15) is 31.8 Å². The number of hydrogen-bond acceptors (Lipinski definition) is 7. The number of aryl methyl sites for hydroxylation is 2. The van der Waals surface area contributed by atoms with E-state index >= 15 is 0 Å². The maximum Gasteiger partial charge on any atom is 0.325 e. The van der Waals surface area contributed by atoms with Gasteiger partial charge < -0.3 is 14.8 Å². The van der Waals surface area contributed by atoms with Gasteiger partial charge in [0.1, 0.15) is 6.54 Å². The average molecular weight is 400 g/mol. The van der Waals surface area contributed by atoms with Crippen LogP contribution in [0.2, 0.25) is 0 Å². The Kier molecular flexibility index (Phi) is 7.02. The lowest BCUT2D eigenvalue weighted by atomic mass is 10.0. The fourth-order valence-electron chi connectivity index (χ4n) is 2.63. The Hall–Kier alpha value is -3.75. The van der Waals surface area contributed by atoms with Gasteiger partial charge in [0.2, 0.25) is 5.78 Å². The fourth-order valence-corrected chi connectivity index (χ4v) is 2.63. The normalized spacial score (nSPS) is 10.2. The van der Waals surface area contributed by atoms with Gasteiger partial charge in [0.25, 0.3) is 5.91 Å². The van der Waals surface area contributed by atoms with Crippen LogP contribution in [0.15, 0.2) is 36.4 Å². The molecular weight excluding hydrogens is 380 g/mol. The van der Waals surface area contributed by atoms with Crippen LogP contribution in [0.4, 0.5) is 5.69 Å². The summed E-state index contributed by atoms with van der Waals surface area (Å²) in [4.78, 5) is 46.4. The van der Waals surface area contributed by atoms with Gasteiger partial charge in [-0.3, -0.25) is 24.5 Å². The van der Waals surface area contributed by atoms with Crippen molar-refractivity contribution in [2.24, 2.45) is 0 Å². The van der Waals surface area contributed by atoms with Crippen molar-refractivity contribution in [1.82, 2.24) is 5.32 Å². The first-order valence-corrected chi connectivity index (χ1v) is 8.59. The van der Waals surface area contributed by atoms with Crippen LogP contribution >= 0.6 is 0 Å². The lowest BCUT2D eigenvalue weighted by Crippen LogP contribution is -2.31. The number of amides is 1. The number of benzene rings is 2. The van der Waals surface area contributed by atoms with Gasteiger partial charge in [-0.15, -0.1) is 0 Å². The molecule has 0 aliphatic rings. The van der Waals surface area contributed by atoms with Gasteiger partial charge in [-0.1, -0.05) is 23.8 Å². The number of ether oxygens (including phenoxy) is 2. The zero-order valence-corrected chi connectivity index (χ0v) is 16.2. The molecular formula is C20H20N2O7. The number of rotatable bonds is 8. The fraction of sp³-hybridized carbons (Fsp3) is 0.250. The molecule has 2 aromatic carbocycles. The van der Waals surface area contributed by atoms with Crippen molar-refractivity contribution in [3.8, 4) is 5.75 Å². The third-order valence-corrected chi connectivity index (χ3v) is 4.08. The standard InChI is InChI=1S/C20H20N2O7/c1-12-4-6-15(13(2)8-12)17(23)11-29-19(24)10-21-20(25)14-5-7-18(28-3)16(9-14)22(26)27/h4-9H,10-11H2,1-3H3,(H,21,25). The minimum absolute atomic E-state index is 0.0101. The molecule has 0 heterocycles. The van der Waals surface area contributed by atoms with E-state index < -0.39 is 30.0 Å². The van der Waals surface area contributed by atoms with Gasteiger partial charge in [0, 0.05) is 17.2 Å². The first-order valence-electron chi connectivity index (χ1n) is 8.59. The highest BCUT2D eigenvalue weighted by Crippen LogP contribution is 2.27. The number of carbonyl (C=O) groups excluding carboxylic acids is 3. The van der Waals surface area contributed by atoms with Crippen molar-refractivity contribution in [1.29, 1.82) is 0 Å². The summed E-state index contributed by atoms with van der Waals surface area (Å²) in [6, 6.07) is 8.96. The van der Waals surface area contributed by atoms with Crippen LogP contribution < -0.4 is 10.1 Å². The summed E-state index contributed by atoms with van der Waals surface area (Å²) in [5.74, 6) is -1.85. The van der Waals surface area contributed by atoms with E-state index in [-0.39, 0.29) is 22.8 Å². The van der Waals surface area contributed by atoms with E-state index in [1.54, 1.807) is 19.1 Å². The first kappa shape index (κ1) is 21.5. The average Bonchev–Trinajstić information content (AvgIpc) is 2.69. The van der Waals surface area contributed by atoms with Crippen molar-refractivity contribution in [2.75, 3.05) is 20.3 Å². The number of nitro groups is 1. The van der Waals surface area contributed by atoms with E-state index in [4.69, 9.17) is 9.47 Å². The second kappa shape index (κ2) is 9.45. The topological polar surface area (TPSA) is 125 Å². The molecule has 9 nitrogen and oxygen atoms in total. The molecule has 2 rings (SSSR count). The predicted octanol–water partition coefficient (Wildman–Crippen LogP) is 2.38. The minimum Gasteiger partial charge on any atom is -0.490 e. The minimum atomic E-state index is -0.806. The molecule has 0 atom stereocenters. The summed E-state index contributed by atoms with van der Waals surface area (Å²) in [6.07, 6.45) is 0. The van der Waals surface area contributed by atoms with Gasteiger partial charge >= 0.3 is 11.7 Å². The second-order valence-corrected chi connectivity index (χ2v) is 6.23. The molecule has 0 fully saturated rings. The van der Waals surface area contributed by atoms with Gasteiger partial charge in [-0.05, 0) is 31.5 Å². The second-order valence-electron chi connectivity index (χ2n) is 6.23. The molecule has 29 heavy (non-hydrogen) atoms. The maximum atomic E-state index is 12.2. The van der Waals surface area contributed by atoms with Gasteiger partial charge in [-0.25, -0.2) is 0 Å². The zero-order valence-electron chi connectivity index (χ0n) is 16.2. The Labute approximate surface area is 166 Å². The zero-order chi connectivity index (χ0) is 21.6. The molecule has 0 aromatic heterocycles. The number of Topliss-reactive ketones (excluding diaryl/α,β-unsaturated/α-hetero) is 1. The monoisotopic (exact) mass is 400 g/mol. The molecule has 1 amide bonds. The quantitative estimate of drug-likeness (QED) is 0.312. The van der Waals surface area contributed by atoms with E-state index in [1.807, 2.05) is 13.0 Å². The molecule has 9 heteroatoms. The molecule has 0 saturated carbocycles. The largest absolute Gasteiger partial charge is 0.490 e. The highest BCUT2D eigenvalue weighted by Gasteiger charge is 2.19. The molecule has 1 N–H and O–H groups in total. The Balaban J connectivity index is 1.90. The summed E-state index contributed by atoms with van der Waals surface area (Å²) in [7, 11) is 1.28. The van der Waals surface area contributed by atoms with E-state index in [1.165, 1.54) is 19.2 Å². The third kappa shape index (κ3) is 5.61. The summed E-state index contributed by atoms with van der Waals surface area (Å²) >= 11 is 0. The van der Waals surface area contributed by atoms with Crippen molar-refractivity contribution >= 4 is 23.3 Å². The summed E-state index contributed by atoms with van der Waals surface area (Å²) in [5, 5.41) is 13.3. The number of nitrogens with zero attached hydrogens (tertiary/aromatic N) is 1. The Morgan fingerprint density at radius 2 is 1.83 bits per heavy atom. The first-order chi connectivity index (χ1) is 13.7. The predicted molar refractivity (Wildman–Crippen MR) is 103 cm³/mol. The number of hydrogen-bond donors (Lipinski definition) is 1. The van der Waals surface area contributed by atoms with Gasteiger partial charge in [0.05, 0.1) is 12.0 Å². The van der Waals surface area contributed by atoms with Crippen molar-refractivity contribution in [3.05, 3.63) is 68.8 Å². The number of nitrogens with one attached hydrogen (secondary N) is 1. The molecule has 0 aliphatic heterocycles. The summed E-state index contributed by atoms with van der Waals surface area (Å²) in [6.45, 7) is 2.75. The molecule has 0 bridgehead atoms. The van der Waals surface area contributed by atoms with Crippen molar-refractivity contribution < 1.29 is 28.8 Å². The molecule has 152 valence electrons. The van der Waals surface area contributed by atoms with E-state index in [0.717, 1.165) is 17.2 Å². The third-order valence-electron chi connectivity index (χ3n) is 4.08. The number of nitro benzene ring substituents is 1. The van der Waals surface area contributed by atoms with E-state index in [9.17, 15) is 24.5 Å². The number of esters is 1. The number of ketones is 1. The van der Waals surface area contributed by atoms with Crippen LogP contribution in [0.3, 0.4) is 0 Å². The highest BCUT2D eigenvalue weighted by atomic mass is 16.6. The van der Waals surface area contributed by atoms with Crippen molar-refractivity contribution in [2.45, 2.75) is 13.8 Å². The molecule has 0 unspecified atom stereocenters. The van der Waals surface area contributed by atoms with Crippen molar-refractivity contribution in [3.63, 3.8) is 0 Å². The Morgan fingerprint density at radius 1 is 1.10 bits per heavy atom. The van der Waals surface area contributed by atoms with E-state index in [2.05, 4.69) is 5.32 Å². The van der Waals surface area contributed by atoms with Crippen LogP contribution in [-0.2, 0) is 9.53 Å². The van der Waals surface area contributed by atoms with Crippen LogP contribution in [0.25, 0.3) is 0 Å². The number of methoxy groups -OCH3 is 1. The summed E-state index contributed by atoms with van der Waals surface area (Å²) in [5.41, 5.74) is 1.86. The van der Waals surface area contributed by atoms with Gasteiger partial charge in [-0.2, -0.15) is 0 Å². The molecule has 0 saturated heterocycles.